The fraction of sp³-hybridized carbons (Fsp3) is 0.368. The van der Waals surface area contributed by atoms with Gasteiger partial charge in [-0.2, -0.15) is 5.10 Å². The van der Waals surface area contributed by atoms with E-state index in [2.05, 4.69) is 20.4 Å². The van der Waals surface area contributed by atoms with Crippen LogP contribution in [0.3, 0.4) is 0 Å². The molecule has 0 saturated heterocycles. The number of alkyl halides is 2. The summed E-state index contributed by atoms with van der Waals surface area (Å²) in [4.78, 5) is 20.4. The SMILES string of the molecule is Cc1cc(Cn2cc3c(C(=O)NCCO)nccc3n2)cnc1OCC(C)(F)F. The molecule has 0 aliphatic heterocycles. The molecular formula is C19H21F2N5O3. The highest BCUT2D eigenvalue weighted by Gasteiger charge is 2.23. The lowest BCUT2D eigenvalue weighted by atomic mass is 10.2. The molecule has 0 atom stereocenters. The van der Waals surface area contributed by atoms with Gasteiger partial charge in [0.25, 0.3) is 11.8 Å². The summed E-state index contributed by atoms with van der Waals surface area (Å²) >= 11 is 0. The number of fused-ring (bicyclic) bond motifs is 1. The Morgan fingerprint density at radius 1 is 1.38 bits per heavy atom. The standard InChI is InChI=1S/C19H21F2N5O3/c1-12-7-13(8-24-18(12)29-11-19(2,20)21)9-26-10-14-15(25-26)3-4-22-16(14)17(28)23-5-6-27/h3-4,7-8,10,27H,5-6,9,11H2,1-2H3,(H,23,28). The lowest BCUT2D eigenvalue weighted by Gasteiger charge is -2.13. The summed E-state index contributed by atoms with van der Waals surface area (Å²) in [6.07, 6.45) is 4.73. The van der Waals surface area contributed by atoms with Crippen molar-refractivity contribution in [3.05, 3.63) is 47.5 Å². The van der Waals surface area contributed by atoms with E-state index >= 15 is 0 Å². The Balaban J connectivity index is 1.78. The quantitative estimate of drug-likeness (QED) is 0.594. The van der Waals surface area contributed by atoms with Crippen molar-refractivity contribution in [1.29, 1.82) is 0 Å². The van der Waals surface area contributed by atoms with E-state index in [0.29, 0.717) is 23.0 Å². The van der Waals surface area contributed by atoms with Crippen molar-refractivity contribution in [3.8, 4) is 5.88 Å². The Bertz CT molecular complexity index is 1020. The van der Waals surface area contributed by atoms with Crippen molar-refractivity contribution in [2.24, 2.45) is 0 Å². The van der Waals surface area contributed by atoms with Crippen molar-refractivity contribution in [1.82, 2.24) is 25.1 Å². The van der Waals surface area contributed by atoms with Gasteiger partial charge in [-0.15, -0.1) is 0 Å². The van der Waals surface area contributed by atoms with Gasteiger partial charge in [0.05, 0.1) is 24.1 Å². The van der Waals surface area contributed by atoms with E-state index in [-0.39, 0.29) is 24.7 Å². The van der Waals surface area contributed by atoms with Gasteiger partial charge in [0, 0.05) is 37.6 Å². The number of halogens is 2. The number of amides is 1. The van der Waals surface area contributed by atoms with Crippen LogP contribution in [-0.4, -0.2) is 56.4 Å². The third-order valence-electron chi connectivity index (χ3n) is 3.99. The van der Waals surface area contributed by atoms with Crippen LogP contribution in [0.25, 0.3) is 10.9 Å². The molecule has 0 aromatic carbocycles. The van der Waals surface area contributed by atoms with Gasteiger partial charge in [-0.1, -0.05) is 0 Å². The molecule has 29 heavy (non-hydrogen) atoms. The molecule has 0 fully saturated rings. The van der Waals surface area contributed by atoms with E-state index in [9.17, 15) is 13.6 Å². The van der Waals surface area contributed by atoms with Crippen LogP contribution >= 0.6 is 0 Å². The molecule has 0 aliphatic rings. The maximum atomic E-state index is 13.0. The van der Waals surface area contributed by atoms with Crippen LogP contribution in [0.2, 0.25) is 0 Å². The second-order valence-corrected chi connectivity index (χ2v) is 6.72. The summed E-state index contributed by atoms with van der Waals surface area (Å²) in [7, 11) is 0. The van der Waals surface area contributed by atoms with Crippen molar-refractivity contribution in [2.45, 2.75) is 26.3 Å². The monoisotopic (exact) mass is 405 g/mol. The topological polar surface area (TPSA) is 102 Å². The number of hydrogen-bond donors (Lipinski definition) is 2. The molecule has 3 rings (SSSR count). The minimum absolute atomic E-state index is 0.133. The minimum atomic E-state index is -2.93. The van der Waals surface area contributed by atoms with E-state index < -0.39 is 18.4 Å². The number of carbonyl (C=O) groups is 1. The van der Waals surface area contributed by atoms with E-state index in [1.165, 1.54) is 12.4 Å². The van der Waals surface area contributed by atoms with Crippen LogP contribution in [-0.2, 0) is 6.54 Å². The largest absolute Gasteiger partial charge is 0.471 e. The molecule has 8 nitrogen and oxygen atoms in total. The van der Waals surface area contributed by atoms with Crippen molar-refractivity contribution in [2.75, 3.05) is 19.8 Å². The number of aryl methyl sites for hydroxylation is 1. The van der Waals surface area contributed by atoms with Crippen LogP contribution in [0, 0.1) is 6.92 Å². The molecule has 1 amide bonds. The van der Waals surface area contributed by atoms with Crippen LogP contribution in [0.5, 0.6) is 5.88 Å². The van der Waals surface area contributed by atoms with E-state index in [1.807, 2.05) is 0 Å². The Hall–Kier alpha value is -3.14. The predicted octanol–water partition coefficient (Wildman–Crippen LogP) is 1.94. The summed E-state index contributed by atoms with van der Waals surface area (Å²) in [5.74, 6) is -3.17. The average molecular weight is 405 g/mol. The highest BCUT2D eigenvalue weighted by molar-refractivity contribution is 6.04. The predicted molar refractivity (Wildman–Crippen MR) is 101 cm³/mol. The van der Waals surface area contributed by atoms with E-state index in [0.717, 1.165) is 12.5 Å². The summed E-state index contributed by atoms with van der Waals surface area (Å²) in [6, 6.07) is 3.48. The maximum Gasteiger partial charge on any atom is 0.278 e. The highest BCUT2D eigenvalue weighted by atomic mass is 19.3. The Morgan fingerprint density at radius 2 is 2.17 bits per heavy atom. The second kappa shape index (κ2) is 8.48. The van der Waals surface area contributed by atoms with E-state index in [4.69, 9.17) is 9.84 Å². The second-order valence-electron chi connectivity index (χ2n) is 6.72. The Morgan fingerprint density at radius 3 is 2.86 bits per heavy atom. The van der Waals surface area contributed by atoms with Gasteiger partial charge < -0.3 is 15.2 Å². The molecule has 0 radical (unpaired) electrons. The molecule has 3 aromatic rings. The van der Waals surface area contributed by atoms with Gasteiger partial charge in [0.2, 0.25) is 5.88 Å². The lowest BCUT2D eigenvalue weighted by molar-refractivity contribution is -0.0244. The van der Waals surface area contributed by atoms with Crippen LogP contribution in [0.15, 0.2) is 30.7 Å². The van der Waals surface area contributed by atoms with Crippen LogP contribution in [0.1, 0.15) is 28.5 Å². The van der Waals surface area contributed by atoms with Gasteiger partial charge in [-0.05, 0) is 24.6 Å². The smallest absolute Gasteiger partial charge is 0.278 e. The number of ether oxygens (including phenoxy) is 1. The van der Waals surface area contributed by atoms with Crippen molar-refractivity contribution < 1.29 is 23.4 Å². The van der Waals surface area contributed by atoms with Gasteiger partial charge >= 0.3 is 0 Å². The molecule has 2 N–H and O–H groups in total. The zero-order valence-corrected chi connectivity index (χ0v) is 16.0. The first kappa shape index (κ1) is 20.6. The fourth-order valence-corrected chi connectivity index (χ4v) is 2.75. The Kier molecular flexibility index (Phi) is 6.02. The summed E-state index contributed by atoms with van der Waals surface area (Å²) < 4.78 is 32.6. The molecule has 0 saturated carbocycles. The summed E-state index contributed by atoms with van der Waals surface area (Å²) in [5, 5.41) is 16.4. The third-order valence-corrected chi connectivity index (χ3v) is 3.99. The molecule has 0 aliphatic carbocycles. The summed E-state index contributed by atoms with van der Waals surface area (Å²) in [5.41, 5.74) is 2.25. The first-order chi connectivity index (χ1) is 13.8. The number of nitrogens with zero attached hydrogens (tertiary/aromatic N) is 4. The zero-order chi connectivity index (χ0) is 21.0. The molecular weight excluding hydrogens is 384 g/mol. The van der Waals surface area contributed by atoms with Crippen molar-refractivity contribution in [3.63, 3.8) is 0 Å². The highest BCUT2D eigenvalue weighted by Crippen LogP contribution is 2.21. The van der Waals surface area contributed by atoms with Crippen LogP contribution < -0.4 is 10.1 Å². The molecule has 3 aromatic heterocycles. The van der Waals surface area contributed by atoms with Gasteiger partial charge in [-0.3, -0.25) is 14.5 Å². The summed E-state index contributed by atoms with van der Waals surface area (Å²) in [6.45, 7) is 2.11. The number of nitrogens with one attached hydrogen (secondary N) is 1. The maximum absolute atomic E-state index is 13.0. The zero-order valence-electron chi connectivity index (χ0n) is 16.0. The molecule has 0 spiro atoms. The number of hydrogen-bond acceptors (Lipinski definition) is 6. The number of carbonyl (C=O) groups excluding carboxylic acids is 1. The molecule has 0 unspecified atom stereocenters. The number of aliphatic hydroxyl groups is 1. The normalized spacial score (nSPS) is 11.6. The van der Waals surface area contributed by atoms with Gasteiger partial charge in [0.15, 0.2) is 6.61 Å². The van der Waals surface area contributed by atoms with Crippen LogP contribution in [0.4, 0.5) is 8.78 Å². The van der Waals surface area contributed by atoms with Gasteiger partial charge in [-0.25, -0.2) is 13.8 Å². The number of rotatable bonds is 8. The minimum Gasteiger partial charge on any atom is -0.471 e. The van der Waals surface area contributed by atoms with Crippen molar-refractivity contribution >= 4 is 16.8 Å². The number of aromatic nitrogens is 4. The first-order valence-electron chi connectivity index (χ1n) is 8.94. The number of aliphatic hydroxyl groups excluding tert-OH is 1. The molecule has 10 heteroatoms. The van der Waals surface area contributed by atoms with E-state index in [1.54, 1.807) is 29.9 Å². The number of pyridine rings is 2. The first-order valence-corrected chi connectivity index (χ1v) is 8.94. The molecule has 3 heterocycles. The Labute approximate surface area is 165 Å². The lowest BCUT2D eigenvalue weighted by Crippen LogP contribution is -2.27. The third kappa shape index (κ3) is 5.23. The van der Waals surface area contributed by atoms with Gasteiger partial charge in [0.1, 0.15) is 5.69 Å². The molecule has 154 valence electrons. The molecule has 0 bridgehead atoms. The fourth-order valence-electron chi connectivity index (χ4n) is 2.75. The average Bonchev–Trinajstić information content (AvgIpc) is 3.07.